The Morgan fingerprint density at radius 3 is 2.52 bits per heavy atom. The summed E-state index contributed by atoms with van der Waals surface area (Å²) in [6.45, 7) is 1.77. The first kappa shape index (κ1) is 19.9. The van der Waals surface area contributed by atoms with Crippen LogP contribution < -0.4 is 15.4 Å². The molecule has 0 spiro atoms. The number of para-hydroxylation sites is 1. The van der Waals surface area contributed by atoms with Gasteiger partial charge in [-0.05, 0) is 54.6 Å². The minimum Gasteiger partial charge on any atom is -0.457 e. The summed E-state index contributed by atoms with van der Waals surface area (Å²) in [6.07, 6.45) is 1.53. The van der Waals surface area contributed by atoms with Gasteiger partial charge in [-0.15, -0.1) is 0 Å². The molecule has 0 atom stereocenters. The van der Waals surface area contributed by atoms with Crippen LogP contribution >= 0.6 is 0 Å². The third-order valence-electron chi connectivity index (χ3n) is 4.39. The van der Waals surface area contributed by atoms with Crippen molar-refractivity contribution in [2.24, 2.45) is 0 Å². The SMILES string of the molecule is CC(=O)NCC#Cc1ccc2ncnc(Nc3ccc(Oc4ccccc4)cc3)c2c1. The smallest absolute Gasteiger partial charge is 0.217 e. The van der Waals surface area contributed by atoms with Crippen LogP contribution in [0, 0.1) is 11.8 Å². The van der Waals surface area contributed by atoms with Gasteiger partial charge in [0, 0.05) is 23.6 Å². The van der Waals surface area contributed by atoms with Crippen molar-refractivity contribution in [3.8, 4) is 23.3 Å². The van der Waals surface area contributed by atoms with E-state index in [0.717, 1.165) is 33.7 Å². The minimum atomic E-state index is -0.104. The van der Waals surface area contributed by atoms with Crippen molar-refractivity contribution in [3.63, 3.8) is 0 Å². The van der Waals surface area contributed by atoms with E-state index in [4.69, 9.17) is 4.74 Å². The molecule has 0 aliphatic carbocycles. The molecule has 0 radical (unpaired) electrons. The first-order valence-corrected chi connectivity index (χ1v) is 9.75. The van der Waals surface area contributed by atoms with Crippen LogP contribution in [0.3, 0.4) is 0 Å². The Bertz CT molecular complexity index is 1260. The number of carbonyl (C=O) groups is 1. The second kappa shape index (κ2) is 9.42. The number of anilines is 2. The highest BCUT2D eigenvalue weighted by molar-refractivity contribution is 5.91. The van der Waals surface area contributed by atoms with Crippen molar-refractivity contribution < 1.29 is 9.53 Å². The van der Waals surface area contributed by atoms with Crippen LogP contribution in [-0.4, -0.2) is 22.4 Å². The molecular formula is C25H20N4O2. The molecule has 1 heterocycles. The van der Waals surface area contributed by atoms with Crippen molar-refractivity contribution >= 4 is 28.3 Å². The molecule has 2 N–H and O–H groups in total. The van der Waals surface area contributed by atoms with Crippen LogP contribution in [0.1, 0.15) is 12.5 Å². The summed E-state index contributed by atoms with van der Waals surface area (Å²) in [5.74, 6) is 8.11. The zero-order valence-corrected chi connectivity index (χ0v) is 16.9. The number of carbonyl (C=O) groups excluding carboxylic acids is 1. The Balaban J connectivity index is 1.52. The summed E-state index contributed by atoms with van der Waals surface area (Å²) in [7, 11) is 0. The molecule has 6 heteroatoms. The molecule has 4 aromatic rings. The molecule has 6 nitrogen and oxygen atoms in total. The molecule has 0 bridgehead atoms. The molecule has 0 aliphatic rings. The third kappa shape index (κ3) is 5.37. The van der Waals surface area contributed by atoms with E-state index in [9.17, 15) is 4.79 Å². The molecule has 0 saturated heterocycles. The Hall–Kier alpha value is -4.37. The molecule has 4 rings (SSSR count). The van der Waals surface area contributed by atoms with E-state index in [1.165, 1.54) is 13.3 Å². The number of fused-ring (bicyclic) bond motifs is 1. The molecule has 0 fully saturated rings. The number of nitrogens with one attached hydrogen (secondary N) is 2. The predicted molar refractivity (Wildman–Crippen MR) is 121 cm³/mol. The second-order valence-electron chi connectivity index (χ2n) is 6.73. The summed E-state index contributed by atoms with van der Waals surface area (Å²) in [5, 5.41) is 6.85. The highest BCUT2D eigenvalue weighted by Gasteiger charge is 2.06. The van der Waals surface area contributed by atoms with E-state index >= 15 is 0 Å². The van der Waals surface area contributed by atoms with Crippen LogP contribution in [0.25, 0.3) is 10.9 Å². The topological polar surface area (TPSA) is 76.1 Å². The van der Waals surface area contributed by atoms with Gasteiger partial charge in [-0.25, -0.2) is 9.97 Å². The van der Waals surface area contributed by atoms with Gasteiger partial charge in [0.1, 0.15) is 23.6 Å². The molecule has 0 unspecified atom stereocenters. The number of amides is 1. The largest absolute Gasteiger partial charge is 0.457 e. The molecular weight excluding hydrogens is 388 g/mol. The average molecular weight is 408 g/mol. The predicted octanol–water partition coefficient (Wildman–Crippen LogP) is 4.65. The van der Waals surface area contributed by atoms with E-state index < -0.39 is 0 Å². The summed E-state index contributed by atoms with van der Waals surface area (Å²) >= 11 is 0. The quantitative estimate of drug-likeness (QED) is 0.470. The standard InChI is InChI=1S/C25H20N4O2/c1-18(30)26-15-5-6-19-9-14-24-23(16-19)25(28-17-27-24)29-20-10-12-22(13-11-20)31-21-7-3-2-4-8-21/h2-4,7-14,16-17H,15H2,1H3,(H,26,30)(H,27,28,29). The van der Waals surface area contributed by atoms with Crippen LogP contribution in [0.5, 0.6) is 11.5 Å². The lowest BCUT2D eigenvalue weighted by Crippen LogP contribution is -2.19. The summed E-state index contributed by atoms with van der Waals surface area (Å²) in [4.78, 5) is 19.7. The number of aromatic nitrogens is 2. The molecule has 0 aliphatic heterocycles. The maximum Gasteiger partial charge on any atom is 0.217 e. The van der Waals surface area contributed by atoms with Gasteiger partial charge >= 0.3 is 0 Å². The zero-order chi connectivity index (χ0) is 21.5. The average Bonchev–Trinajstić information content (AvgIpc) is 2.79. The molecule has 1 amide bonds. The second-order valence-corrected chi connectivity index (χ2v) is 6.73. The van der Waals surface area contributed by atoms with E-state index in [1.54, 1.807) is 0 Å². The number of hydrogen-bond acceptors (Lipinski definition) is 5. The Labute approximate surface area is 180 Å². The number of ether oxygens (including phenoxy) is 1. The number of nitrogens with zero attached hydrogens (tertiary/aromatic N) is 2. The van der Waals surface area contributed by atoms with Gasteiger partial charge in [-0.1, -0.05) is 30.0 Å². The molecule has 152 valence electrons. The first-order valence-electron chi connectivity index (χ1n) is 9.75. The fraction of sp³-hybridized carbons (Fsp3) is 0.0800. The van der Waals surface area contributed by atoms with Crippen molar-refractivity contribution in [1.29, 1.82) is 0 Å². The van der Waals surface area contributed by atoms with Gasteiger partial charge in [-0.2, -0.15) is 0 Å². The number of benzene rings is 3. The van der Waals surface area contributed by atoms with Crippen LogP contribution in [0.4, 0.5) is 11.5 Å². The van der Waals surface area contributed by atoms with Crippen molar-refractivity contribution in [1.82, 2.24) is 15.3 Å². The van der Waals surface area contributed by atoms with Crippen molar-refractivity contribution in [3.05, 3.63) is 84.7 Å². The molecule has 0 saturated carbocycles. The van der Waals surface area contributed by atoms with Gasteiger partial charge in [0.25, 0.3) is 0 Å². The van der Waals surface area contributed by atoms with Gasteiger partial charge in [-0.3, -0.25) is 4.79 Å². The van der Waals surface area contributed by atoms with Gasteiger partial charge < -0.3 is 15.4 Å². The van der Waals surface area contributed by atoms with Gasteiger partial charge in [0.15, 0.2) is 0 Å². The van der Waals surface area contributed by atoms with Crippen LogP contribution in [-0.2, 0) is 4.79 Å². The lowest BCUT2D eigenvalue weighted by molar-refractivity contribution is -0.118. The molecule has 31 heavy (non-hydrogen) atoms. The van der Waals surface area contributed by atoms with Crippen LogP contribution in [0.15, 0.2) is 79.1 Å². The third-order valence-corrected chi connectivity index (χ3v) is 4.39. The maximum absolute atomic E-state index is 10.9. The summed E-state index contributed by atoms with van der Waals surface area (Å²) in [6, 6.07) is 23.1. The van der Waals surface area contributed by atoms with E-state index in [1.807, 2.05) is 72.8 Å². The van der Waals surface area contributed by atoms with E-state index in [0.29, 0.717) is 12.4 Å². The minimum absolute atomic E-state index is 0.104. The highest BCUT2D eigenvalue weighted by Crippen LogP contribution is 2.26. The molecule has 3 aromatic carbocycles. The Morgan fingerprint density at radius 1 is 0.968 bits per heavy atom. The highest BCUT2D eigenvalue weighted by atomic mass is 16.5. The lowest BCUT2D eigenvalue weighted by Gasteiger charge is -2.10. The van der Waals surface area contributed by atoms with E-state index in [-0.39, 0.29) is 5.91 Å². The fourth-order valence-corrected chi connectivity index (χ4v) is 2.92. The van der Waals surface area contributed by atoms with Crippen molar-refractivity contribution in [2.75, 3.05) is 11.9 Å². The first-order chi connectivity index (χ1) is 15.2. The summed E-state index contributed by atoms with van der Waals surface area (Å²) < 4.78 is 5.84. The maximum atomic E-state index is 10.9. The summed E-state index contributed by atoms with van der Waals surface area (Å²) in [5.41, 5.74) is 2.51. The van der Waals surface area contributed by atoms with Crippen LogP contribution in [0.2, 0.25) is 0 Å². The monoisotopic (exact) mass is 408 g/mol. The normalized spacial score (nSPS) is 10.1. The number of rotatable bonds is 5. The fourth-order valence-electron chi connectivity index (χ4n) is 2.92. The van der Waals surface area contributed by atoms with Crippen molar-refractivity contribution in [2.45, 2.75) is 6.92 Å². The van der Waals surface area contributed by atoms with Gasteiger partial charge in [0.05, 0.1) is 12.1 Å². The molecule has 1 aromatic heterocycles. The Morgan fingerprint density at radius 2 is 1.74 bits per heavy atom. The Kier molecular flexibility index (Phi) is 6.05. The lowest BCUT2D eigenvalue weighted by atomic mass is 10.1. The number of hydrogen-bond donors (Lipinski definition) is 2. The zero-order valence-electron chi connectivity index (χ0n) is 16.9. The van der Waals surface area contributed by atoms with E-state index in [2.05, 4.69) is 32.4 Å². The van der Waals surface area contributed by atoms with Gasteiger partial charge in [0.2, 0.25) is 5.91 Å².